The van der Waals surface area contributed by atoms with Crippen LogP contribution >= 0.6 is 11.8 Å². The smallest absolute Gasteiger partial charge is 0.152 e. The van der Waals surface area contributed by atoms with Crippen LogP contribution in [0.5, 0.6) is 0 Å². The summed E-state index contributed by atoms with van der Waals surface area (Å²) in [6.45, 7) is 6.03. The fourth-order valence-corrected chi connectivity index (χ4v) is 2.23. The number of hydrogen-bond acceptors (Lipinski definition) is 4. The molecule has 104 valence electrons. The summed E-state index contributed by atoms with van der Waals surface area (Å²) in [4.78, 5) is 0. The number of aromatic nitrogens is 2. The minimum atomic E-state index is 0.698. The molecule has 19 heavy (non-hydrogen) atoms. The Morgan fingerprint density at radius 1 is 1.47 bits per heavy atom. The van der Waals surface area contributed by atoms with Gasteiger partial charge in [0.15, 0.2) is 5.76 Å². The molecule has 1 unspecified atom stereocenters. The third kappa shape index (κ3) is 3.88. The van der Waals surface area contributed by atoms with E-state index in [1.54, 1.807) is 0 Å². The van der Waals surface area contributed by atoms with Gasteiger partial charge in [-0.2, -0.15) is 16.9 Å². The zero-order valence-corrected chi connectivity index (χ0v) is 12.5. The Kier molecular flexibility index (Phi) is 5.10. The van der Waals surface area contributed by atoms with Gasteiger partial charge in [0.1, 0.15) is 11.5 Å². The summed E-state index contributed by atoms with van der Waals surface area (Å²) in [5, 5.41) is 11.3. The van der Waals surface area contributed by atoms with E-state index in [0.717, 1.165) is 35.9 Å². The van der Waals surface area contributed by atoms with Gasteiger partial charge in [0.05, 0.1) is 6.20 Å². The van der Waals surface area contributed by atoms with E-state index in [1.165, 1.54) is 6.42 Å². The highest BCUT2D eigenvalue weighted by Crippen LogP contribution is 2.23. The molecule has 2 rings (SSSR count). The Balaban J connectivity index is 1.90. The second-order valence-corrected chi connectivity index (χ2v) is 5.97. The van der Waals surface area contributed by atoms with Gasteiger partial charge in [-0.05, 0) is 38.3 Å². The van der Waals surface area contributed by atoms with Crippen LogP contribution in [0.2, 0.25) is 0 Å². The topological polar surface area (TPSA) is 53.9 Å². The van der Waals surface area contributed by atoms with Crippen LogP contribution in [0.25, 0.3) is 11.5 Å². The number of rotatable bonds is 7. The number of aromatic amines is 1. The zero-order chi connectivity index (χ0) is 13.7. The number of furan rings is 1. The number of nitrogens with one attached hydrogen (secondary N) is 2. The average molecular weight is 279 g/mol. The quantitative estimate of drug-likeness (QED) is 0.764. The van der Waals surface area contributed by atoms with Gasteiger partial charge in [0.2, 0.25) is 0 Å². The lowest BCUT2D eigenvalue weighted by Crippen LogP contribution is -2.17. The SMILES string of the molecule is CSC(C)CCNCc1cn[nH]c1-c1ccc(C)o1. The van der Waals surface area contributed by atoms with E-state index < -0.39 is 0 Å². The minimum Gasteiger partial charge on any atom is -0.460 e. The highest BCUT2D eigenvalue weighted by Gasteiger charge is 2.10. The molecule has 0 radical (unpaired) electrons. The third-order valence-corrected chi connectivity index (χ3v) is 4.19. The molecular formula is C14H21N3OS. The molecule has 1 atom stereocenters. The van der Waals surface area contributed by atoms with Crippen LogP contribution in [0.4, 0.5) is 0 Å². The standard InChI is InChI=1S/C14H21N3OS/c1-10-4-5-13(18-10)14-12(9-16-17-14)8-15-7-6-11(2)19-3/h4-5,9,11,15H,6-8H2,1-3H3,(H,16,17). The van der Waals surface area contributed by atoms with E-state index in [-0.39, 0.29) is 0 Å². The van der Waals surface area contributed by atoms with E-state index in [2.05, 4.69) is 28.7 Å². The number of aryl methyl sites for hydroxylation is 1. The second-order valence-electron chi connectivity index (χ2n) is 4.69. The normalized spacial score (nSPS) is 12.8. The first-order chi connectivity index (χ1) is 9.20. The molecule has 2 aromatic rings. The fraction of sp³-hybridized carbons (Fsp3) is 0.500. The Bertz CT molecular complexity index is 506. The van der Waals surface area contributed by atoms with Crippen LogP contribution < -0.4 is 5.32 Å². The number of nitrogens with zero attached hydrogens (tertiary/aromatic N) is 1. The van der Waals surface area contributed by atoms with E-state index in [0.29, 0.717) is 5.25 Å². The highest BCUT2D eigenvalue weighted by molar-refractivity contribution is 7.99. The van der Waals surface area contributed by atoms with Gasteiger partial charge in [-0.1, -0.05) is 6.92 Å². The Morgan fingerprint density at radius 2 is 2.32 bits per heavy atom. The van der Waals surface area contributed by atoms with E-state index in [1.807, 2.05) is 37.0 Å². The predicted octanol–water partition coefficient (Wildman–Crippen LogP) is 3.21. The summed E-state index contributed by atoms with van der Waals surface area (Å²) < 4.78 is 5.63. The van der Waals surface area contributed by atoms with Crippen LogP contribution in [0.1, 0.15) is 24.7 Å². The van der Waals surface area contributed by atoms with Crippen molar-refractivity contribution in [2.45, 2.75) is 32.1 Å². The van der Waals surface area contributed by atoms with Crippen molar-refractivity contribution in [2.24, 2.45) is 0 Å². The molecule has 0 fully saturated rings. The van der Waals surface area contributed by atoms with Crippen LogP contribution in [0.15, 0.2) is 22.7 Å². The van der Waals surface area contributed by atoms with Crippen molar-refractivity contribution in [1.82, 2.24) is 15.5 Å². The molecule has 0 amide bonds. The van der Waals surface area contributed by atoms with Crippen molar-refractivity contribution in [3.05, 3.63) is 29.7 Å². The van der Waals surface area contributed by atoms with Crippen molar-refractivity contribution in [3.63, 3.8) is 0 Å². The molecule has 0 aromatic carbocycles. The lowest BCUT2D eigenvalue weighted by molar-refractivity contribution is 0.545. The lowest BCUT2D eigenvalue weighted by Gasteiger charge is -2.08. The monoisotopic (exact) mass is 279 g/mol. The van der Waals surface area contributed by atoms with Crippen molar-refractivity contribution >= 4 is 11.8 Å². The first-order valence-corrected chi connectivity index (χ1v) is 7.82. The number of thioether (sulfide) groups is 1. The molecule has 2 heterocycles. The predicted molar refractivity (Wildman–Crippen MR) is 80.3 cm³/mol. The molecule has 0 bridgehead atoms. The fourth-order valence-electron chi connectivity index (χ4n) is 1.87. The summed E-state index contributed by atoms with van der Waals surface area (Å²) in [6.07, 6.45) is 5.19. The molecule has 0 saturated carbocycles. The maximum atomic E-state index is 5.63. The molecule has 0 spiro atoms. The highest BCUT2D eigenvalue weighted by atomic mass is 32.2. The van der Waals surface area contributed by atoms with Gasteiger partial charge in [-0.25, -0.2) is 0 Å². The average Bonchev–Trinajstić information content (AvgIpc) is 3.02. The van der Waals surface area contributed by atoms with Gasteiger partial charge in [-0.3, -0.25) is 5.10 Å². The van der Waals surface area contributed by atoms with Crippen molar-refractivity contribution < 1.29 is 4.42 Å². The summed E-state index contributed by atoms with van der Waals surface area (Å²) >= 11 is 1.90. The summed E-state index contributed by atoms with van der Waals surface area (Å²) in [7, 11) is 0. The Hall–Kier alpha value is -1.20. The number of H-pyrrole nitrogens is 1. The van der Waals surface area contributed by atoms with Crippen LogP contribution in [0.3, 0.4) is 0 Å². The maximum Gasteiger partial charge on any atom is 0.152 e. The van der Waals surface area contributed by atoms with Crippen LogP contribution in [-0.2, 0) is 6.54 Å². The maximum absolute atomic E-state index is 5.63. The number of hydrogen-bond donors (Lipinski definition) is 2. The van der Waals surface area contributed by atoms with Gasteiger partial charge < -0.3 is 9.73 Å². The van der Waals surface area contributed by atoms with Gasteiger partial charge in [0, 0.05) is 17.4 Å². The summed E-state index contributed by atoms with van der Waals surface area (Å²) in [6, 6.07) is 3.94. The molecule has 0 aliphatic heterocycles. The summed E-state index contributed by atoms with van der Waals surface area (Å²) in [5.41, 5.74) is 2.12. The van der Waals surface area contributed by atoms with Crippen LogP contribution in [0, 0.1) is 6.92 Å². The zero-order valence-electron chi connectivity index (χ0n) is 11.7. The molecule has 2 N–H and O–H groups in total. The minimum absolute atomic E-state index is 0.698. The van der Waals surface area contributed by atoms with Crippen molar-refractivity contribution in [2.75, 3.05) is 12.8 Å². The van der Waals surface area contributed by atoms with E-state index in [9.17, 15) is 0 Å². The molecule has 2 aromatic heterocycles. The molecule has 0 saturated heterocycles. The largest absolute Gasteiger partial charge is 0.460 e. The molecule has 5 heteroatoms. The lowest BCUT2D eigenvalue weighted by atomic mass is 10.2. The molecule has 0 aliphatic rings. The molecule has 4 nitrogen and oxygen atoms in total. The van der Waals surface area contributed by atoms with E-state index >= 15 is 0 Å². The second kappa shape index (κ2) is 6.82. The van der Waals surface area contributed by atoms with Crippen molar-refractivity contribution in [1.29, 1.82) is 0 Å². The van der Waals surface area contributed by atoms with E-state index in [4.69, 9.17) is 4.42 Å². The summed E-state index contributed by atoms with van der Waals surface area (Å²) in [5.74, 6) is 1.77. The Labute approximate surface area is 118 Å². The Morgan fingerprint density at radius 3 is 3.00 bits per heavy atom. The van der Waals surface area contributed by atoms with Gasteiger partial charge in [0.25, 0.3) is 0 Å². The molecule has 0 aliphatic carbocycles. The van der Waals surface area contributed by atoms with Crippen LogP contribution in [-0.4, -0.2) is 28.2 Å². The first-order valence-electron chi connectivity index (χ1n) is 6.53. The van der Waals surface area contributed by atoms with Gasteiger partial charge in [-0.15, -0.1) is 0 Å². The van der Waals surface area contributed by atoms with Gasteiger partial charge >= 0.3 is 0 Å². The third-order valence-electron chi connectivity index (χ3n) is 3.15. The molecular weight excluding hydrogens is 258 g/mol. The first kappa shape index (κ1) is 14.2. The van der Waals surface area contributed by atoms with Crippen molar-refractivity contribution in [3.8, 4) is 11.5 Å².